The van der Waals surface area contributed by atoms with E-state index in [2.05, 4.69) is 35.0 Å². The average molecular weight is 510 g/mol. The molecule has 37 heavy (non-hydrogen) atoms. The minimum absolute atomic E-state index is 0. The van der Waals surface area contributed by atoms with Crippen molar-refractivity contribution in [3.8, 4) is 22.9 Å². The number of aromatic nitrogens is 2. The van der Waals surface area contributed by atoms with Gasteiger partial charge in [0, 0.05) is 42.3 Å². The SMILES string of the molecule is CCc1nc2ccc(OC)cc2n1-c1cccc2c1OC[C@H]2Nc1ccc2c(c1)OC[C@H]2OC(C)=O.[H-].[Na+]. The number of carbonyl (C=O) groups excluding carboxylic acids is 1. The van der Waals surface area contributed by atoms with Gasteiger partial charge >= 0.3 is 35.5 Å². The van der Waals surface area contributed by atoms with Crippen LogP contribution in [0.1, 0.15) is 44.4 Å². The summed E-state index contributed by atoms with van der Waals surface area (Å²) in [5.74, 6) is 3.01. The summed E-state index contributed by atoms with van der Waals surface area (Å²) in [5, 5.41) is 3.58. The monoisotopic (exact) mass is 509 g/mol. The predicted octanol–water partition coefficient (Wildman–Crippen LogP) is 2.26. The maximum absolute atomic E-state index is 11.4. The molecule has 8 nitrogen and oxygen atoms in total. The number of carbonyl (C=O) groups is 1. The Labute approximate surface area is 238 Å². The summed E-state index contributed by atoms with van der Waals surface area (Å²) in [5.41, 5.74) is 5.75. The fourth-order valence-corrected chi connectivity index (χ4v) is 5.03. The van der Waals surface area contributed by atoms with Gasteiger partial charge < -0.3 is 25.7 Å². The molecule has 0 fully saturated rings. The molecule has 0 saturated carbocycles. The van der Waals surface area contributed by atoms with E-state index in [1.807, 2.05) is 36.4 Å². The van der Waals surface area contributed by atoms with Gasteiger partial charge in [0.2, 0.25) is 0 Å². The van der Waals surface area contributed by atoms with Crippen LogP contribution in [0.3, 0.4) is 0 Å². The van der Waals surface area contributed by atoms with E-state index in [-0.39, 0.29) is 49.1 Å². The molecule has 1 N–H and O–H groups in total. The third-order valence-electron chi connectivity index (χ3n) is 6.68. The molecular weight excluding hydrogens is 481 g/mol. The predicted molar refractivity (Wildman–Crippen MR) is 136 cm³/mol. The molecule has 0 aliphatic carbocycles. The van der Waals surface area contributed by atoms with Gasteiger partial charge in [0.1, 0.15) is 36.3 Å². The van der Waals surface area contributed by atoms with E-state index in [1.165, 1.54) is 6.92 Å². The van der Waals surface area contributed by atoms with Gasteiger partial charge in [0.15, 0.2) is 6.10 Å². The topological polar surface area (TPSA) is 83.8 Å². The molecule has 0 unspecified atom stereocenters. The first-order chi connectivity index (χ1) is 17.6. The summed E-state index contributed by atoms with van der Waals surface area (Å²) in [6.45, 7) is 4.34. The number of rotatable bonds is 6. The fourth-order valence-electron chi connectivity index (χ4n) is 5.03. The molecule has 9 heteroatoms. The third kappa shape index (κ3) is 4.54. The normalized spacial score (nSPS) is 17.3. The van der Waals surface area contributed by atoms with Gasteiger partial charge in [0.05, 0.1) is 29.9 Å². The quantitative estimate of drug-likeness (QED) is 0.315. The second kappa shape index (κ2) is 10.3. The number of fused-ring (bicyclic) bond motifs is 3. The van der Waals surface area contributed by atoms with E-state index >= 15 is 0 Å². The molecule has 1 aromatic heterocycles. The van der Waals surface area contributed by atoms with Gasteiger partial charge in [-0.2, -0.15) is 0 Å². The van der Waals surface area contributed by atoms with Crippen molar-refractivity contribution < 1.29 is 54.7 Å². The van der Waals surface area contributed by atoms with Crippen LogP contribution < -0.4 is 49.1 Å². The molecule has 2 aliphatic heterocycles. The Kier molecular flexibility index (Phi) is 7.07. The minimum atomic E-state index is -0.360. The Balaban J connectivity index is 0.00000168. The summed E-state index contributed by atoms with van der Waals surface area (Å²) < 4.78 is 25.0. The molecule has 6 rings (SSSR count). The van der Waals surface area contributed by atoms with Crippen molar-refractivity contribution >= 4 is 22.7 Å². The Morgan fingerprint density at radius 3 is 2.78 bits per heavy atom. The number of imidazole rings is 1. The number of hydrogen-bond donors (Lipinski definition) is 1. The molecular formula is C28H28N3NaO5. The molecule has 0 bridgehead atoms. The molecule has 2 aliphatic rings. The van der Waals surface area contributed by atoms with Crippen LogP contribution in [0.4, 0.5) is 5.69 Å². The van der Waals surface area contributed by atoms with Gasteiger partial charge in [-0.05, 0) is 30.3 Å². The van der Waals surface area contributed by atoms with Crippen molar-refractivity contribution in [1.82, 2.24) is 9.55 Å². The van der Waals surface area contributed by atoms with Gasteiger partial charge in [0.25, 0.3) is 0 Å². The first-order valence-corrected chi connectivity index (χ1v) is 12.1. The van der Waals surface area contributed by atoms with Crippen LogP contribution in [0.25, 0.3) is 16.7 Å². The van der Waals surface area contributed by atoms with Crippen LogP contribution in [0.15, 0.2) is 54.6 Å². The van der Waals surface area contributed by atoms with Crippen molar-refractivity contribution in [2.45, 2.75) is 32.4 Å². The molecule has 0 amide bonds. The maximum Gasteiger partial charge on any atom is 1.00 e. The number of esters is 1. The molecule has 0 radical (unpaired) electrons. The Hall–Kier alpha value is -3.20. The number of para-hydroxylation sites is 1. The zero-order valence-electron chi connectivity index (χ0n) is 22.4. The van der Waals surface area contributed by atoms with Crippen LogP contribution in [0, 0.1) is 0 Å². The van der Waals surface area contributed by atoms with Gasteiger partial charge in [-0.25, -0.2) is 4.98 Å². The smallest absolute Gasteiger partial charge is 1.00 e. The van der Waals surface area contributed by atoms with Crippen LogP contribution in [0.5, 0.6) is 17.2 Å². The number of nitrogens with one attached hydrogen (secondary N) is 1. The van der Waals surface area contributed by atoms with E-state index in [9.17, 15) is 4.79 Å². The second-order valence-electron chi connectivity index (χ2n) is 8.94. The Morgan fingerprint density at radius 2 is 2.00 bits per heavy atom. The summed E-state index contributed by atoms with van der Waals surface area (Å²) in [6.07, 6.45) is 0.423. The fraction of sp³-hybridized carbons (Fsp3) is 0.286. The first kappa shape index (κ1) is 25.4. The number of methoxy groups -OCH3 is 1. The van der Waals surface area contributed by atoms with Gasteiger partial charge in [-0.15, -0.1) is 0 Å². The first-order valence-electron chi connectivity index (χ1n) is 12.1. The Morgan fingerprint density at radius 1 is 1.14 bits per heavy atom. The standard InChI is InChI=1S/C28H27N3O5.Na.H/c1-4-27-30-21-11-9-18(33-3)13-24(21)31(27)23-7-5-6-19-22(14-35-28(19)23)29-17-8-10-20-25(12-17)34-15-26(20)36-16(2)32;;/h5-13,22,26,29H,4,14-15H2,1-3H3;;/q;+1;-1/t22-,26-;;/m1../s1. The molecule has 0 spiro atoms. The van der Waals surface area contributed by atoms with Crippen molar-refractivity contribution in [2.75, 3.05) is 25.6 Å². The van der Waals surface area contributed by atoms with Crippen LogP contribution in [-0.4, -0.2) is 35.8 Å². The van der Waals surface area contributed by atoms with Crippen molar-refractivity contribution in [3.05, 3.63) is 71.5 Å². The van der Waals surface area contributed by atoms with Crippen molar-refractivity contribution in [2.24, 2.45) is 0 Å². The summed E-state index contributed by atoms with van der Waals surface area (Å²) in [7, 11) is 1.67. The maximum atomic E-state index is 11.4. The number of hydrogen-bond acceptors (Lipinski definition) is 7. The van der Waals surface area contributed by atoms with E-state index in [0.717, 1.165) is 63.0 Å². The zero-order valence-corrected chi connectivity index (χ0v) is 23.4. The second-order valence-corrected chi connectivity index (χ2v) is 8.94. The minimum Gasteiger partial charge on any atom is -1.00 e. The number of anilines is 1. The van der Waals surface area contributed by atoms with Crippen LogP contribution >= 0.6 is 0 Å². The summed E-state index contributed by atoms with van der Waals surface area (Å²) in [4.78, 5) is 16.2. The van der Waals surface area contributed by atoms with Gasteiger partial charge in [-0.1, -0.05) is 19.1 Å². The summed E-state index contributed by atoms with van der Waals surface area (Å²) >= 11 is 0. The largest absolute Gasteiger partial charge is 1.00 e. The van der Waals surface area contributed by atoms with E-state index in [1.54, 1.807) is 7.11 Å². The van der Waals surface area contributed by atoms with Gasteiger partial charge in [-0.3, -0.25) is 9.36 Å². The van der Waals surface area contributed by atoms with Crippen molar-refractivity contribution in [3.63, 3.8) is 0 Å². The Bertz CT molecular complexity index is 1490. The number of ether oxygens (including phenoxy) is 4. The molecule has 186 valence electrons. The van der Waals surface area contributed by atoms with E-state index < -0.39 is 0 Å². The van der Waals surface area contributed by atoms with E-state index in [0.29, 0.717) is 13.2 Å². The van der Waals surface area contributed by atoms with E-state index in [4.69, 9.17) is 23.9 Å². The van der Waals surface area contributed by atoms with Crippen molar-refractivity contribution in [1.29, 1.82) is 0 Å². The molecule has 4 aromatic rings. The number of benzene rings is 3. The van der Waals surface area contributed by atoms with Crippen LogP contribution in [0.2, 0.25) is 0 Å². The molecule has 2 atom stereocenters. The number of nitrogens with zero attached hydrogens (tertiary/aromatic N) is 2. The summed E-state index contributed by atoms with van der Waals surface area (Å²) in [6, 6.07) is 18.0. The average Bonchev–Trinajstić information content (AvgIpc) is 3.58. The third-order valence-corrected chi connectivity index (χ3v) is 6.68. The molecule has 3 aromatic carbocycles. The number of aryl methyl sites for hydroxylation is 1. The molecule has 3 heterocycles. The van der Waals surface area contributed by atoms with Crippen LogP contribution in [-0.2, 0) is 16.0 Å². The molecule has 0 saturated heterocycles. The zero-order chi connectivity index (χ0) is 24.8.